The van der Waals surface area contributed by atoms with Gasteiger partial charge in [-0.3, -0.25) is 0 Å². The first-order valence-electron chi connectivity index (χ1n) is 9.51. The minimum absolute atomic E-state index is 0.00702. The summed E-state index contributed by atoms with van der Waals surface area (Å²) in [7, 11) is 0. The van der Waals surface area contributed by atoms with E-state index in [2.05, 4.69) is 45.8 Å². The van der Waals surface area contributed by atoms with Crippen LogP contribution in [0.15, 0.2) is 29.8 Å². The predicted octanol–water partition coefficient (Wildman–Crippen LogP) is 2.27. The maximum Gasteiger partial charge on any atom is 0.223 e. The summed E-state index contributed by atoms with van der Waals surface area (Å²) in [6.07, 6.45) is 1.67. The second-order valence-corrected chi connectivity index (χ2v) is 8.80. The van der Waals surface area contributed by atoms with Gasteiger partial charge in [0.25, 0.3) is 0 Å². The zero-order valence-electron chi connectivity index (χ0n) is 15.9. The normalized spacial score (nSPS) is 26.2. The Morgan fingerprint density at radius 1 is 1.25 bits per heavy atom. The van der Waals surface area contributed by atoms with E-state index in [1.54, 1.807) is 17.5 Å². The van der Waals surface area contributed by atoms with Crippen LogP contribution in [0.1, 0.15) is 13.8 Å². The molecule has 7 nitrogen and oxygen atoms in total. The van der Waals surface area contributed by atoms with Crippen LogP contribution in [0.2, 0.25) is 0 Å². The summed E-state index contributed by atoms with van der Waals surface area (Å²) in [5, 5.41) is 12.6. The zero-order valence-corrected chi connectivity index (χ0v) is 17.6. The summed E-state index contributed by atoms with van der Waals surface area (Å²) < 4.78 is 12.0. The molecule has 0 aromatic carbocycles. The molecule has 2 aliphatic rings. The van der Waals surface area contributed by atoms with Gasteiger partial charge in [0.2, 0.25) is 5.95 Å². The smallest absolute Gasteiger partial charge is 0.223 e. The van der Waals surface area contributed by atoms with Crippen LogP contribution >= 0.6 is 23.6 Å². The quantitative estimate of drug-likeness (QED) is 0.616. The average Bonchev–Trinajstić information content (AvgIpc) is 3.41. The largest absolute Gasteiger partial charge is 0.371 e. The van der Waals surface area contributed by atoms with Crippen LogP contribution in [-0.4, -0.2) is 59.1 Å². The van der Waals surface area contributed by atoms with Gasteiger partial charge in [0.1, 0.15) is 12.2 Å². The highest BCUT2D eigenvalue weighted by Gasteiger charge is 2.48. The number of aromatic nitrogens is 2. The molecule has 2 saturated heterocycles. The van der Waals surface area contributed by atoms with Gasteiger partial charge in [-0.1, -0.05) is 19.9 Å². The first-order valence-corrected chi connectivity index (χ1v) is 10.8. The minimum atomic E-state index is -0.0561. The van der Waals surface area contributed by atoms with Crippen LogP contribution in [0.4, 0.5) is 5.95 Å². The third-order valence-corrected chi connectivity index (χ3v) is 5.94. The monoisotopic (exact) mass is 419 g/mol. The van der Waals surface area contributed by atoms with Gasteiger partial charge in [-0.25, -0.2) is 9.97 Å². The van der Waals surface area contributed by atoms with Crippen LogP contribution < -0.4 is 16.0 Å². The summed E-state index contributed by atoms with van der Waals surface area (Å²) >= 11 is 7.05. The number of hydrogen-bond donors (Lipinski definition) is 3. The number of rotatable bonds is 6. The Labute approximate surface area is 174 Å². The Morgan fingerprint density at radius 2 is 2.04 bits per heavy atom. The fourth-order valence-electron chi connectivity index (χ4n) is 3.42. The van der Waals surface area contributed by atoms with E-state index in [0.29, 0.717) is 30.2 Å². The number of thiocarbonyl (C=S) groups is 1. The second-order valence-electron chi connectivity index (χ2n) is 7.44. The first kappa shape index (κ1) is 19.5. The molecule has 150 valence electrons. The van der Waals surface area contributed by atoms with E-state index >= 15 is 0 Å². The topological polar surface area (TPSA) is 80.3 Å². The fraction of sp³-hybridized carbons (Fsp3) is 0.526. The maximum atomic E-state index is 6.01. The molecule has 0 spiro atoms. The van der Waals surface area contributed by atoms with Crippen molar-refractivity contribution in [3.63, 3.8) is 0 Å². The highest BCUT2D eigenvalue weighted by Crippen LogP contribution is 2.29. The molecule has 2 aromatic rings. The Morgan fingerprint density at radius 3 is 2.79 bits per heavy atom. The predicted molar refractivity (Wildman–Crippen MR) is 115 cm³/mol. The first-order chi connectivity index (χ1) is 13.6. The van der Waals surface area contributed by atoms with Crippen molar-refractivity contribution < 1.29 is 9.47 Å². The van der Waals surface area contributed by atoms with Crippen molar-refractivity contribution in [2.45, 2.75) is 38.1 Å². The standard InChI is InChI=1S/C19H25N5O2S2/c1-11(2)8-21-19(27)24-14-10-26-16-13(9-25-17(14)16)23-18-20-6-5-12(22-18)15-4-3-7-28-15/h3-7,11,13-14,16-17H,8-10H2,1-2H3,(H,20,22,23)(H2,21,24,27)/t13-,14-,16+,17+/m0/s1. The summed E-state index contributed by atoms with van der Waals surface area (Å²) in [4.78, 5) is 10.1. The lowest BCUT2D eigenvalue weighted by molar-refractivity contribution is 0.0688. The van der Waals surface area contributed by atoms with E-state index in [1.165, 1.54) is 0 Å². The van der Waals surface area contributed by atoms with Gasteiger partial charge >= 0.3 is 0 Å². The molecule has 9 heteroatoms. The molecular weight excluding hydrogens is 394 g/mol. The van der Waals surface area contributed by atoms with Crippen LogP contribution in [0.3, 0.4) is 0 Å². The van der Waals surface area contributed by atoms with Crippen LogP contribution in [-0.2, 0) is 9.47 Å². The van der Waals surface area contributed by atoms with Crippen molar-refractivity contribution in [3.8, 4) is 10.6 Å². The second kappa shape index (κ2) is 8.69. The van der Waals surface area contributed by atoms with E-state index < -0.39 is 0 Å². The number of nitrogens with zero attached hydrogens (tertiary/aromatic N) is 2. The lowest BCUT2D eigenvalue weighted by Gasteiger charge is -2.20. The van der Waals surface area contributed by atoms with Gasteiger partial charge in [0.05, 0.1) is 35.9 Å². The third-order valence-electron chi connectivity index (χ3n) is 4.78. The number of nitrogens with one attached hydrogen (secondary N) is 3. The summed E-state index contributed by atoms with van der Waals surface area (Å²) in [6.45, 7) is 6.25. The molecule has 4 heterocycles. The molecule has 28 heavy (non-hydrogen) atoms. The molecule has 2 fully saturated rings. The van der Waals surface area contributed by atoms with Gasteiger partial charge in [-0.2, -0.15) is 0 Å². The Kier molecular flexibility index (Phi) is 6.05. The number of fused-ring (bicyclic) bond motifs is 1. The third kappa shape index (κ3) is 4.43. The number of ether oxygens (including phenoxy) is 2. The van der Waals surface area contributed by atoms with E-state index in [4.69, 9.17) is 21.7 Å². The Balaban J connectivity index is 1.35. The van der Waals surface area contributed by atoms with Crippen LogP contribution in [0, 0.1) is 5.92 Å². The van der Waals surface area contributed by atoms with Gasteiger partial charge in [0.15, 0.2) is 5.11 Å². The minimum Gasteiger partial charge on any atom is -0.371 e. The lowest BCUT2D eigenvalue weighted by Crippen LogP contribution is -2.49. The molecule has 0 aliphatic carbocycles. The van der Waals surface area contributed by atoms with Crippen LogP contribution in [0.5, 0.6) is 0 Å². The highest BCUT2D eigenvalue weighted by molar-refractivity contribution is 7.80. The van der Waals surface area contributed by atoms with E-state index in [9.17, 15) is 0 Å². The number of thiophene rings is 1. The molecule has 0 saturated carbocycles. The Hall–Kier alpha value is -1.81. The average molecular weight is 420 g/mol. The van der Waals surface area contributed by atoms with Gasteiger partial charge in [-0.05, 0) is 35.6 Å². The highest BCUT2D eigenvalue weighted by atomic mass is 32.1. The molecule has 3 N–H and O–H groups in total. The summed E-state index contributed by atoms with van der Waals surface area (Å²) in [6, 6.07) is 6.04. The molecule has 0 unspecified atom stereocenters. The molecule has 4 atom stereocenters. The summed E-state index contributed by atoms with van der Waals surface area (Å²) in [5.74, 6) is 1.13. The fourth-order valence-corrected chi connectivity index (χ4v) is 4.35. The number of hydrogen-bond acceptors (Lipinski definition) is 7. The van der Waals surface area contributed by atoms with Crippen molar-refractivity contribution in [3.05, 3.63) is 29.8 Å². The molecule has 4 rings (SSSR count). The van der Waals surface area contributed by atoms with E-state index in [0.717, 1.165) is 17.1 Å². The van der Waals surface area contributed by atoms with Crippen molar-refractivity contribution in [1.29, 1.82) is 0 Å². The number of anilines is 1. The van der Waals surface area contributed by atoms with Crippen molar-refractivity contribution in [2.24, 2.45) is 5.92 Å². The van der Waals surface area contributed by atoms with E-state index in [-0.39, 0.29) is 24.3 Å². The van der Waals surface area contributed by atoms with Gasteiger partial charge in [-0.15, -0.1) is 11.3 Å². The molecule has 0 amide bonds. The lowest BCUT2D eigenvalue weighted by atomic mass is 10.1. The molecule has 0 radical (unpaired) electrons. The molecule has 0 bridgehead atoms. The van der Waals surface area contributed by atoms with Crippen molar-refractivity contribution in [1.82, 2.24) is 20.6 Å². The van der Waals surface area contributed by atoms with Gasteiger partial charge in [0, 0.05) is 12.7 Å². The zero-order chi connectivity index (χ0) is 19.5. The Bertz CT molecular complexity index is 801. The SMILES string of the molecule is CC(C)CNC(=S)N[C@H]1CO[C@H]2[C@@H]1OC[C@@H]2Nc1nccc(-c2cccs2)n1. The molecule has 2 aliphatic heterocycles. The maximum absolute atomic E-state index is 6.01. The molecule has 2 aromatic heterocycles. The van der Waals surface area contributed by atoms with Crippen LogP contribution in [0.25, 0.3) is 10.6 Å². The van der Waals surface area contributed by atoms with Crippen molar-refractivity contribution in [2.75, 3.05) is 25.1 Å². The van der Waals surface area contributed by atoms with E-state index in [1.807, 2.05) is 17.5 Å². The van der Waals surface area contributed by atoms with Gasteiger partial charge < -0.3 is 25.4 Å². The van der Waals surface area contributed by atoms with Crippen molar-refractivity contribution >= 4 is 34.6 Å². The summed E-state index contributed by atoms with van der Waals surface area (Å²) in [5.41, 5.74) is 0.913. The molecular formula is C19H25N5O2S2.